The van der Waals surface area contributed by atoms with E-state index in [0.29, 0.717) is 12.1 Å². The second-order valence-corrected chi connectivity index (χ2v) is 4.35. The van der Waals surface area contributed by atoms with Gasteiger partial charge in [-0.25, -0.2) is 0 Å². The van der Waals surface area contributed by atoms with Crippen LogP contribution in [0.5, 0.6) is 0 Å². The Balaban J connectivity index is 2.69. The van der Waals surface area contributed by atoms with Crippen LogP contribution in [0.2, 0.25) is 0 Å². The van der Waals surface area contributed by atoms with Gasteiger partial charge >= 0.3 is 0 Å². The summed E-state index contributed by atoms with van der Waals surface area (Å²) in [5.74, 6) is 0.636. The Morgan fingerprint density at radius 2 is 2.31 bits per heavy atom. The maximum absolute atomic E-state index is 11.9. The molecule has 3 N–H and O–H groups in total. The Hall–Kier alpha value is -1.29. The van der Waals surface area contributed by atoms with E-state index < -0.39 is 0 Å². The van der Waals surface area contributed by atoms with Gasteiger partial charge in [0.25, 0.3) is 5.91 Å². The first kappa shape index (κ1) is 12.8. The zero-order valence-electron chi connectivity index (χ0n) is 10.2. The Morgan fingerprint density at radius 1 is 1.62 bits per heavy atom. The van der Waals surface area contributed by atoms with Crippen LogP contribution >= 0.6 is 0 Å². The van der Waals surface area contributed by atoms with E-state index in [1.807, 2.05) is 20.8 Å². The lowest BCUT2D eigenvalue weighted by molar-refractivity contribution is 0.0899. The highest BCUT2D eigenvalue weighted by Crippen LogP contribution is 2.15. The maximum atomic E-state index is 11.9. The predicted octanol–water partition coefficient (Wildman–Crippen LogP) is 1.84. The van der Waals surface area contributed by atoms with Gasteiger partial charge in [0.15, 0.2) is 0 Å². The van der Waals surface area contributed by atoms with Crippen LogP contribution in [0.3, 0.4) is 0 Å². The van der Waals surface area contributed by atoms with Crippen LogP contribution in [-0.2, 0) is 0 Å². The summed E-state index contributed by atoms with van der Waals surface area (Å²) in [5.41, 5.74) is 5.86. The predicted molar refractivity (Wildman–Crippen MR) is 63.3 cm³/mol. The minimum absolute atomic E-state index is 0.102. The molecule has 1 rings (SSSR count). The molecule has 1 unspecified atom stereocenters. The van der Waals surface area contributed by atoms with Crippen molar-refractivity contribution in [3.8, 4) is 0 Å². The number of carbonyl (C=O) groups excluding carboxylic acids is 1. The minimum Gasteiger partial charge on any atom is -0.469 e. The molecule has 1 aromatic rings. The molecule has 0 aromatic carbocycles. The van der Waals surface area contributed by atoms with Crippen LogP contribution in [0.25, 0.3) is 0 Å². The third kappa shape index (κ3) is 3.10. The fourth-order valence-corrected chi connectivity index (χ4v) is 1.56. The molecule has 0 saturated carbocycles. The van der Waals surface area contributed by atoms with Crippen molar-refractivity contribution in [1.82, 2.24) is 5.32 Å². The standard InChI is InChI=1S/C12H20N2O2/c1-4-12(3,5-6-13)14-11(15)10-7-9(2)16-8-10/h7-8H,4-6,13H2,1-3H3,(H,14,15). The number of nitrogens with one attached hydrogen (secondary N) is 1. The largest absolute Gasteiger partial charge is 0.469 e. The molecule has 0 aliphatic rings. The summed E-state index contributed by atoms with van der Waals surface area (Å²) >= 11 is 0. The van der Waals surface area contributed by atoms with Gasteiger partial charge in [0.1, 0.15) is 12.0 Å². The van der Waals surface area contributed by atoms with Crippen molar-refractivity contribution < 1.29 is 9.21 Å². The number of amides is 1. The van der Waals surface area contributed by atoms with Crippen LogP contribution in [0.15, 0.2) is 16.7 Å². The van der Waals surface area contributed by atoms with E-state index in [-0.39, 0.29) is 11.4 Å². The van der Waals surface area contributed by atoms with Gasteiger partial charge in [-0.1, -0.05) is 6.92 Å². The van der Waals surface area contributed by atoms with E-state index in [0.717, 1.165) is 18.6 Å². The lowest BCUT2D eigenvalue weighted by Gasteiger charge is -2.28. The van der Waals surface area contributed by atoms with Crippen molar-refractivity contribution >= 4 is 5.91 Å². The monoisotopic (exact) mass is 224 g/mol. The highest BCUT2D eigenvalue weighted by molar-refractivity contribution is 5.94. The van der Waals surface area contributed by atoms with Gasteiger partial charge in [-0.15, -0.1) is 0 Å². The molecular weight excluding hydrogens is 204 g/mol. The summed E-state index contributed by atoms with van der Waals surface area (Å²) in [6, 6.07) is 1.73. The maximum Gasteiger partial charge on any atom is 0.254 e. The van der Waals surface area contributed by atoms with E-state index in [1.54, 1.807) is 6.07 Å². The number of hydrogen-bond acceptors (Lipinski definition) is 3. The molecule has 1 atom stereocenters. The number of rotatable bonds is 5. The molecule has 4 heteroatoms. The van der Waals surface area contributed by atoms with E-state index in [4.69, 9.17) is 10.2 Å². The van der Waals surface area contributed by atoms with Crippen LogP contribution in [-0.4, -0.2) is 18.0 Å². The highest BCUT2D eigenvalue weighted by Gasteiger charge is 2.24. The van der Waals surface area contributed by atoms with Crippen molar-refractivity contribution in [2.24, 2.45) is 5.73 Å². The zero-order valence-corrected chi connectivity index (χ0v) is 10.2. The molecular formula is C12H20N2O2. The molecule has 0 fully saturated rings. The summed E-state index contributed by atoms with van der Waals surface area (Å²) in [5, 5.41) is 2.99. The van der Waals surface area contributed by atoms with Gasteiger partial charge in [-0.3, -0.25) is 4.79 Å². The molecule has 1 heterocycles. The van der Waals surface area contributed by atoms with Crippen molar-refractivity contribution in [3.05, 3.63) is 23.7 Å². The second-order valence-electron chi connectivity index (χ2n) is 4.35. The molecule has 0 saturated heterocycles. The Morgan fingerprint density at radius 3 is 2.75 bits per heavy atom. The summed E-state index contributed by atoms with van der Waals surface area (Å²) in [6.45, 7) is 6.42. The highest BCUT2D eigenvalue weighted by atomic mass is 16.3. The topological polar surface area (TPSA) is 68.3 Å². The lowest BCUT2D eigenvalue weighted by Crippen LogP contribution is -2.46. The number of hydrogen-bond donors (Lipinski definition) is 2. The molecule has 1 aromatic heterocycles. The number of nitrogens with two attached hydrogens (primary N) is 1. The molecule has 4 nitrogen and oxygen atoms in total. The smallest absolute Gasteiger partial charge is 0.254 e. The summed E-state index contributed by atoms with van der Waals surface area (Å²) in [6.07, 6.45) is 3.10. The Bertz CT molecular complexity index is 360. The van der Waals surface area contributed by atoms with Gasteiger partial charge in [0.05, 0.1) is 5.56 Å². The first-order chi connectivity index (χ1) is 7.50. The molecule has 0 bridgehead atoms. The van der Waals surface area contributed by atoms with E-state index >= 15 is 0 Å². The average Bonchev–Trinajstić information content (AvgIpc) is 2.65. The Kier molecular flexibility index (Phi) is 4.12. The normalized spacial score (nSPS) is 14.5. The first-order valence-electron chi connectivity index (χ1n) is 5.58. The molecule has 0 radical (unpaired) electrons. The number of furan rings is 1. The van der Waals surface area contributed by atoms with Crippen molar-refractivity contribution in [1.29, 1.82) is 0 Å². The van der Waals surface area contributed by atoms with Gasteiger partial charge in [0, 0.05) is 5.54 Å². The van der Waals surface area contributed by atoms with Gasteiger partial charge < -0.3 is 15.5 Å². The molecule has 0 spiro atoms. The number of carbonyl (C=O) groups is 1. The van der Waals surface area contributed by atoms with E-state index in [1.165, 1.54) is 6.26 Å². The third-order valence-electron chi connectivity index (χ3n) is 2.88. The SMILES string of the molecule is CCC(C)(CCN)NC(=O)c1coc(C)c1. The molecule has 16 heavy (non-hydrogen) atoms. The van der Waals surface area contributed by atoms with Crippen molar-refractivity contribution in [2.75, 3.05) is 6.54 Å². The lowest BCUT2D eigenvalue weighted by atomic mass is 9.94. The second kappa shape index (κ2) is 5.16. The van der Waals surface area contributed by atoms with Gasteiger partial charge in [0.2, 0.25) is 0 Å². The van der Waals surface area contributed by atoms with Gasteiger partial charge in [-0.05, 0) is 39.3 Å². The summed E-state index contributed by atoms with van der Waals surface area (Å²) in [4.78, 5) is 11.9. The fraction of sp³-hybridized carbons (Fsp3) is 0.583. The first-order valence-corrected chi connectivity index (χ1v) is 5.58. The van der Waals surface area contributed by atoms with E-state index in [2.05, 4.69) is 5.32 Å². The Labute approximate surface area is 96.2 Å². The van der Waals surface area contributed by atoms with E-state index in [9.17, 15) is 4.79 Å². The van der Waals surface area contributed by atoms with Crippen LogP contribution < -0.4 is 11.1 Å². The summed E-state index contributed by atoms with van der Waals surface area (Å²) in [7, 11) is 0. The van der Waals surface area contributed by atoms with Crippen LogP contribution in [0.1, 0.15) is 42.8 Å². The third-order valence-corrected chi connectivity index (χ3v) is 2.88. The molecule has 1 amide bonds. The number of aryl methyl sites for hydroxylation is 1. The van der Waals surface area contributed by atoms with Gasteiger partial charge in [-0.2, -0.15) is 0 Å². The quantitative estimate of drug-likeness (QED) is 0.801. The van der Waals surface area contributed by atoms with Crippen molar-refractivity contribution in [3.63, 3.8) is 0 Å². The zero-order chi connectivity index (χ0) is 12.2. The average molecular weight is 224 g/mol. The fourth-order valence-electron chi connectivity index (χ4n) is 1.56. The van der Waals surface area contributed by atoms with Crippen LogP contribution in [0, 0.1) is 6.92 Å². The molecule has 90 valence electrons. The van der Waals surface area contributed by atoms with Crippen molar-refractivity contribution in [2.45, 2.75) is 39.2 Å². The minimum atomic E-state index is -0.239. The molecule has 0 aliphatic carbocycles. The summed E-state index contributed by atoms with van der Waals surface area (Å²) < 4.78 is 5.11. The van der Waals surface area contributed by atoms with Crippen LogP contribution in [0.4, 0.5) is 0 Å². The molecule has 0 aliphatic heterocycles.